The minimum absolute atomic E-state index is 0. The first-order chi connectivity index (χ1) is 32.1. The molecular weight excluding hydrogens is 1010 g/mol. The molecule has 2 aromatic heterocycles. The second-order valence-corrected chi connectivity index (χ2v) is 16.9. The number of ether oxygens (including phenoxy) is 3. The molecular formula is C49H47F4IN4O10. The highest BCUT2D eigenvalue weighted by molar-refractivity contribution is 14.0. The van der Waals surface area contributed by atoms with Crippen LogP contribution in [0.5, 0.6) is 11.5 Å². The molecule has 68 heavy (non-hydrogen) atoms. The second kappa shape index (κ2) is 21.0. The maximum absolute atomic E-state index is 14.1. The van der Waals surface area contributed by atoms with E-state index < -0.39 is 75.7 Å². The summed E-state index contributed by atoms with van der Waals surface area (Å²) in [5, 5.41) is 10.4. The van der Waals surface area contributed by atoms with Gasteiger partial charge in [0.1, 0.15) is 29.9 Å². The molecule has 4 aliphatic rings. The number of rotatable bonds is 11. The van der Waals surface area contributed by atoms with Gasteiger partial charge in [0.25, 0.3) is 11.8 Å². The number of aryl methyl sites for hydroxylation is 2. The summed E-state index contributed by atoms with van der Waals surface area (Å²) < 4.78 is 74.4. The van der Waals surface area contributed by atoms with Gasteiger partial charge in [0.15, 0.2) is 46.9 Å². The molecule has 19 heteroatoms. The molecule has 0 radical (unpaired) electrons. The molecule has 6 heterocycles. The Morgan fingerprint density at radius 3 is 1.65 bits per heavy atom. The van der Waals surface area contributed by atoms with Gasteiger partial charge in [-0.3, -0.25) is 28.8 Å². The van der Waals surface area contributed by atoms with E-state index in [9.17, 15) is 51.4 Å². The normalized spacial score (nSPS) is 19.3. The fraction of sp³-hybridized carbons (Fsp3) is 0.347. The summed E-state index contributed by atoms with van der Waals surface area (Å²) in [4.78, 5) is 81.4. The Morgan fingerprint density at radius 1 is 0.676 bits per heavy atom. The summed E-state index contributed by atoms with van der Waals surface area (Å²) in [5.74, 6) is -5.99. The summed E-state index contributed by atoms with van der Waals surface area (Å²) in [6.07, 6.45) is 2.42. The van der Waals surface area contributed by atoms with E-state index in [-0.39, 0.29) is 121 Å². The first-order valence-electron chi connectivity index (χ1n) is 21.8. The summed E-state index contributed by atoms with van der Waals surface area (Å²) in [6.45, 7) is 5.21. The number of nitrogens with zero attached hydrogens (tertiary/aromatic N) is 4. The number of aromatic hydroxyl groups is 1. The Kier molecular flexibility index (Phi) is 15.3. The maximum atomic E-state index is 14.1. The number of pyridine rings is 2. The Morgan fingerprint density at radius 2 is 1.15 bits per heavy atom. The van der Waals surface area contributed by atoms with Gasteiger partial charge in [-0.05, 0) is 68.4 Å². The SMILES string of the molecule is C[C@@H]1CCO[C@H]2Cn3cc(C(=O)CCc4ccc(F)cc4F)c(=O)c(O)c3C(=O)N12.C[C@@H]1CCO[C@H]2Cn3cc(C(=O)CCc4ccc(F)cc4F)c(=O)c(OCc4ccccc4)c3C(=O)N12.I. The zero-order valence-corrected chi connectivity index (χ0v) is 39.3. The maximum Gasteiger partial charge on any atom is 0.276 e. The molecule has 0 bridgehead atoms. The average molecular weight is 1050 g/mol. The van der Waals surface area contributed by atoms with Crippen LogP contribution in [0.1, 0.15) is 97.9 Å². The topological polar surface area (TPSA) is 167 Å². The van der Waals surface area contributed by atoms with E-state index in [0.717, 1.165) is 29.8 Å². The fourth-order valence-corrected chi connectivity index (χ4v) is 8.78. The first kappa shape index (κ1) is 49.7. The number of carbonyl (C=O) groups is 4. The molecule has 0 spiro atoms. The van der Waals surface area contributed by atoms with Crippen molar-refractivity contribution in [2.45, 2.75) is 96.6 Å². The molecule has 0 saturated carbocycles. The van der Waals surface area contributed by atoms with Crippen molar-refractivity contribution in [2.75, 3.05) is 13.2 Å². The zero-order chi connectivity index (χ0) is 47.7. The molecule has 9 rings (SSSR count). The van der Waals surface area contributed by atoms with Crippen molar-refractivity contribution in [3.8, 4) is 11.5 Å². The minimum atomic E-state index is -0.941. The van der Waals surface area contributed by atoms with Crippen molar-refractivity contribution < 1.29 is 56.1 Å². The molecule has 4 atom stereocenters. The highest BCUT2D eigenvalue weighted by atomic mass is 127. The van der Waals surface area contributed by atoms with Crippen LogP contribution in [-0.4, -0.2) is 85.2 Å². The number of hydrogen-bond acceptors (Lipinski definition) is 10. The number of hydrogen-bond donors (Lipinski definition) is 1. The lowest BCUT2D eigenvalue weighted by Crippen LogP contribution is -2.57. The van der Waals surface area contributed by atoms with E-state index in [1.54, 1.807) is 9.47 Å². The molecule has 358 valence electrons. The van der Waals surface area contributed by atoms with Gasteiger partial charge < -0.3 is 38.3 Å². The number of fused-ring (bicyclic) bond motifs is 4. The first-order valence-corrected chi connectivity index (χ1v) is 21.8. The predicted octanol–water partition coefficient (Wildman–Crippen LogP) is 6.97. The van der Waals surface area contributed by atoms with Gasteiger partial charge >= 0.3 is 0 Å². The van der Waals surface area contributed by atoms with E-state index in [4.69, 9.17) is 14.2 Å². The highest BCUT2D eigenvalue weighted by Crippen LogP contribution is 2.32. The minimum Gasteiger partial charge on any atom is -0.503 e. The van der Waals surface area contributed by atoms with Crippen LogP contribution in [0.15, 0.2) is 88.7 Å². The lowest BCUT2D eigenvalue weighted by molar-refractivity contribution is -0.112. The smallest absolute Gasteiger partial charge is 0.276 e. The van der Waals surface area contributed by atoms with Gasteiger partial charge in [0, 0.05) is 49.5 Å². The molecule has 4 aliphatic heterocycles. The van der Waals surface area contributed by atoms with Crippen molar-refractivity contribution in [3.63, 3.8) is 0 Å². The molecule has 3 aromatic carbocycles. The quantitative estimate of drug-likeness (QED) is 0.0830. The van der Waals surface area contributed by atoms with Crippen molar-refractivity contribution in [1.82, 2.24) is 18.9 Å². The van der Waals surface area contributed by atoms with Gasteiger partial charge in [-0.2, -0.15) is 0 Å². The van der Waals surface area contributed by atoms with E-state index in [1.807, 2.05) is 44.2 Å². The Balaban J connectivity index is 0.000000203. The third kappa shape index (κ3) is 10.1. The summed E-state index contributed by atoms with van der Waals surface area (Å²) in [7, 11) is 0. The third-order valence-corrected chi connectivity index (χ3v) is 12.4. The summed E-state index contributed by atoms with van der Waals surface area (Å²) in [6, 6.07) is 15.2. The summed E-state index contributed by atoms with van der Waals surface area (Å²) >= 11 is 0. The molecule has 2 fully saturated rings. The van der Waals surface area contributed by atoms with Crippen molar-refractivity contribution in [2.24, 2.45) is 0 Å². The van der Waals surface area contributed by atoms with Gasteiger partial charge in [0.2, 0.25) is 10.9 Å². The number of halogens is 5. The molecule has 2 saturated heterocycles. The van der Waals surface area contributed by atoms with Gasteiger partial charge in [-0.1, -0.05) is 42.5 Å². The van der Waals surface area contributed by atoms with E-state index >= 15 is 0 Å². The highest BCUT2D eigenvalue weighted by Gasteiger charge is 2.43. The number of benzene rings is 3. The molecule has 5 aromatic rings. The average Bonchev–Trinajstić information content (AvgIpc) is 3.29. The zero-order valence-electron chi connectivity index (χ0n) is 36.9. The molecule has 0 aliphatic carbocycles. The van der Waals surface area contributed by atoms with Gasteiger partial charge in [-0.25, -0.2) is 17.6 Å². The van der Waals surface area contributed by atoms with E-state index in [1.165, 1.54) is 34.0 Å². The van der Waals surface area contributed by atoms with E-state index in [0.29, 0.717) is 26.1 Å². The fourth-order valence-electron chi connectivity index (χ4n) is 8.78. The predicted molar refractivity (Wildman–Crippen MR) is 247 cm³/mol. The van der Waals surface area contributed by atoms with Crippen LogP contribution in [0.4, 0.5) is 17.6 Å². The number of aromatic nitrogens is 2. The van der Waals surface area contributed by atoms with Crippen molar-refractivity contribution >= 4 is 47.4 Å². The number of carbonyl (C=O) groups excluding carboxylic acids is 4. The summed E-state index contributed by atoms with van der Waals surface area (Å²) in [5.41, 5.74) is -1.06. The van der Waals surface area contributed by atoms with Crippen molar-refractivity contribution in [3.05, 3.63) is 162 Å². The lowest BCUT2D eigenvalue weighted by atomic mass is 10.0. The van der Waals surface area contributed by atoms with Crippen LogP contribution in [0.3, 0.4) is 0 Å². The molecule has 2 amide bonds. The monoisotopic (exact) mass is 1050 g/mol. The van der Waals surface area contributed by atoms with Crippen LogP contribution in [-0.2, 0) is 42.0 Å². The Labute approximate surface area is 404 Å². The Hall–Kier alpha value is -6.19. The van der Waals surface area contributed by atoms with Crippen LogP contribution in [0, 0.1) is 23.3 Å². The van der Waals surface area contributed by atoms with Crippen molar-refractivity contribution in [1.29, 1.82) is 0 Å². The molecule has 0 unspecified atom stereocenters. The number of ketones is 2. The number of Topliss-reactive ketones (excluding diaryl/α,β-unsaturated/α-hetero) is 2. The molecule has 14 nitrogen and oxygen atoms in total. The van der Waals surface area contributed by atoms with E-state index in [2.05, 4.69) is 0 Å². The van der Waals surface area contributed by atoms with Crippen LogP contribution in [0.2, 0.25) is 0 Å². The largest absolute Gasteiger partial charge is 0.503 e. The van der Waals surface area contributed by atoms with Crippen LogP contribution < -0.4 is 15.6 Å². The Bertz CT molecular complexity index is 2900. The van der Waals surface area contributed by atoms with Gasteiger partial charge in [0.05, 0.1) is 37.4 Å². The molecule has 1 N–H and O–H groups in total. The standard InChI is InChI=1S/C28H26F2N2O5.C21H20F2N2O5.HI/c1-17-11-12-36-24-15-31-14-21(23(33)10-8-19-7-9-20(29)13-22(19)30)26(34)27(25(31)28(35)32(17)24)37-16-18-5-3-2-4-6-18;1-11-6-7-30-17-10-24-9-14(19(27)20(28)18(24)21(29)25(11)17)16(26)5-3-12-2-4-13(22)8-15(12)23;/h2-7,9,13-14,17,24H,8,10-12,15-16H2,1H3;2,4,8-9,11,17,28H,3,5-7,10H2,1H3;1H/t17-,24+;11-,17+;/m11./s1. The second-order valence-electron chi connectivity index (χ2n) is 16.9. The lowest BCUT2D eigenvalue weighted by Gasteiger charge is -2.44. The number of amides is 2. The van der Waals surface area contributed by atoms with Gasteiger partial charge in [-0.15, -0.1) is 24.0 Å². The van der Waals surface area contributed by atoms with Crippen LogP contribution >= 0.6 is 24.0 Å². The third-order valence-electron chi connectivity index (χ3n) is 12.4. The van der Waals surface area contributed by atoms with Crippen LogP contribution in [0.25, 0.3) is 0 Å².